The molecule has 0 saturated heterocycles. The average molecular weight is 263 g/mol. The summed E-state index contributed by atoms with van der Waals surface area (Å²) in [6, 6.07) is 7.54. The summed E-state index contributed by atoms with van der Waals surface area (Å²) in [4.78, 5) is 11.9. The lowest BCUT2D eigenvalue weighted by Crippen LogP contribution is -2.35. The van der Waals surface area contributed by atoms with Gasteiger partial charge in [-0.25, -0.2) is 4.79 Å². The molecular formula is C16H25NO2. The van der Waals surface area contributed by atoms with Gasteiger partial charge < -0.3 is 10.1 Å². The van der Waals surface area contributed by atoms with Gasteiger partial charge in [-0.15, -0.1) is 0 Å². The monoisotopic (exact) mass is 263 g/mol. The summed E-state index contributed by atoms with van der Waals surface area (Å²) in [6.07, 6.45) is 0. The van der Waals surface area contributed by atoms with Crippen molar-refractivity contribution >= 4 is 5.97 Å². The Hall–Kier alpha value is -1.35. The van der Waals surface area contributed by atoms with Gasteiger partial charge in [0.05, 0.1) is 5.56 Å². The quantitative estimate of drug-likeness (QED) is 0.848. The molecule has 0 heterocycles. The molecule has 0 bridgehead atoms. The van der Waals surface area contributed by atoms with Crippen molar-refractivity contribution in [1.82, 2.24) is 5.32 Å². The summed E-state index contributed by atoms with van der Waals surface area (Å²) in [5.41, 5.74) is 1.38. The molecule has 19 heavy (non-hydrogen) atoms. The molecule has 1 aromatic rings. The molecule has 0 fully saturated rings. The third-order valence-corrected chi connectivity index (χ3v) is 2.41. The second kappa shape index (κ2) is 5.74. The highest BCUT2D eigenvalue weighted by atomic mass is 16.6. The molecule has 0 aliphatic rings. The summed E-state index contributed by atoms with van der Waals surface area (Å²) in [7, 11) is 0. The number of hydrogen-bond donors (Lipinski definition) is 1. The van der Waals surface area contributed by atoms with Crippen LogP contribution in [0.25, 0.3) is 0 Å². The zero-order valence-electron chi connectivity index (χ0n) is 12.8. The fourth-order valence-electron chi connectivity index (χ4n) is 1.46. The summed E-state index contributed by atoms with van der Waals surface area (Å²) in [6.45, 7) is 12.8. The molecule has 0 aromatic heterocycles. The van der Waals surface area contributed by atoms with E-state index in [-0.39, 0.29) is 11.5 Å². The molecule has 1 rings (SSSR count). The van der Waals surface area contributed by atoms with Crippen LogP contribution >= 0.6 is 0 Å². The van der Waals surface area contributed by atoms with Crippen molar-refractivity contribution in [3.63, 3.8) is 0 Å². The highest BCUT2D eigenvalue weighted by Crippen LogP contribution is 2.13. The van der Waals surface area contributed by atoms with Gasteiger partial charge >= 0.3 is 5.97 Å². The fourth-order valence-corrected chi connectivity index (χ4v) is 1.46. The Balaban J connectivity index is 2.64. The Morgan fingerprint density at radius 2 is 1.58 bits per heavy atom. The molecule has 3 heteroatoms. The summed E-state index contributed by atoms with van der Waals surface area (Å²) < 4.78 is 5.32. The Kier molecular flexibility index (Phi) is 4.75. The molecule has 0 saturated carbocycles. The lowest BCUT2D eigenvalue weighted by Gasteiger charge is -2.21. The van der Waals surface area contributed by atoms with Crippen LogP contribution in [0.2, 0.25) is 0 Å². The smallest absolute Gasteiger partial charge is 0.338 e. The Bertz CT molecular complexity index is 422. The van der Waals surface area contributed by atoms with E-state index in [4.69, 9.17) is 4.74 Å². The number of carbonyl (C=O) groups is 1. The van der Waals surface area contributed by atoms with E-state index < -0.39 is 5.60 Å². The number of rotatable bonds is 3. The molecule has 0 atom stereocenters. The molecule has 1 N–H and O–H groups in total. The molecule has 0 aliphatic heterocycles. The van der Waals surface area contributed by atoms with Gasteiger partial charge in [-0.2, -0.15) is 0 Å². The highest BCUT2D eigenvalue weighted by molar-refractivity contribution is 5.89. The first kappa shape index (κ1) is 15.7. The van der Waals surface area contributed by atoms with Gasteiger partial charge in [0.25, 0.3) is 0 Å². The van der Waals surface area contributed by atoms with Crippen LogP contribution in [0.3, 0.4) is 0 Å². The maximum absolute atomic E-state index is 11.9. The summed E-state index contributed by atoms with van der Waals surface area (Å²) in [5.74, 6) is -0.275. The number of carbonyl (C=O) groups excluding carboxylic acids is 1. The van der Waals surface area contributed by atoms with E-state index in [1.54, 1.807) is 0 Å². The van der Waals surface area contributed by atoms with Crippen LogP contribution in [-0.2, 0) is 11.3 Å². The van der Waals surface area contributed by atoms with Gasteiger partial charge in [0.2, 0.25) is 0 Å². The molecule has 0 spiro atoms. The second-order valence-corrected chi connectivity index (χ2v) is 6.80. The van der Waals surface area contributed by atoms with E-state index in [0.717, 1.165) is 12.1 Å². The molecule has 0 unspecified atom stereocenters. The predicted octanol–water partition coefficient (Wildman–Crippen LogP) is 3.53. The minimum atomic E-state index is -0.455. The van der Waals surface area contributed by atoms with Crippen LogP contribution < -0.4 is 5.32 Å². The first-order valence-corrected chi connectivity index (χ1v) is 6.64. The third kappa shape index (κ3) is 6.39. The van der Waals surface area contributed by atoms with Crippen LogP contribution in [0.15, 0.2) is 24.3 Å². The van der Waals surface area contributed by atoms with Crippen molar-refractivity contribution in [1.29, 1.82) is 0 Å². The molecular weight excluding hydrogens is 238 g/mol. The van der Waals surface area contributed by atoms with Gasteiger partial charge in [-0.3, -0.25) is 0 Å². The van der Waals surface area contributed by atoms with E-state index in [0.29, 0.717) is 5.56 Å². The molecule has 0 radical (unpaired) electrons. The molecule has 0 aliphatic carbocycles. The topological polar surface area (TPSA) is 38.3 Å². The first-order chi connectivity index (χ1) is 8.57. The van der Waals surface area contributed by atoms with E-state index in [2.05, 4.69) is 26.1 Å². The van der Waals surface area contributed by atoms with Crippen molar-refractivity contribution in [2.24, 2.45) is 0 Å². The number of ether oxygens (including phenoxy) is 1. The van der Waals surface area contributed by atoms with Crippen LogP contribution in [0, 0.1) is 0 Å². The largest absolute Gasteiger partial charge is 0.456 e. The van der Waals surface area contributed by atoms with Crippen LogP contribution in [0.5, 0.6) is 0 Å². The lowest BCUT2D eigenvalue weighted by atomic mass is 10.1. The molecule has 3 nitrogen and oxygen atoms in total. The summed E-state index contributed by atoms with van der Waals surface area (Å²) in [5, 5.41) is 3.41. The summed E-state index contributed by atoms with van der Waals surface area (Å²) >= 11 is 0. The maximum atomic E-state index is 11.9. The number of benzene rings is 1. The van der Waals surface area contributed by atoms with E-state index >= 15 is 0 Å². The highest BCUT2D eigenvalue weighted by Gasteiger charge is 2.17. The zero-order chi connectivity index (χ0) is 14.7. The Morgan fingerprint density at radius 1 is 1.05 bits per heavy atom. The Labute approximate surface area is 116 Å². The predicted molar refractivity (Wildman–Crippen MR) is 78.2 cm³/mol. The second-order valence-electron chi connectivity index (χ2n) is 6.80. The molecule has 1 aromatic carbocycles. The van der Waals surface area contributed by atoms with Crippen LogP contribution in [-0.4, -0.2) is 17.1 Å². The number of nitrogens with one attached hydrogen (secondary N) is 1. The first-order valence-electron chi connectivity index (χ1n) is 6.64. The SMILES string of the molecule is CC(C)(C)NCc1ccc(C(=O)OC(C)(C)C)cc1. The van der Waals surface area contributed by atoms with Crippen LogP contribution in [0.1, 0.15) is 57.5 Å². The van der Waals surface area contributed by atoms with Crippen LogP contribution in [0.4, 0.5) is 0 Å². The Morgan fingerprint density at radius 3 is 2.00 bits per heavy atom. The van der Waals surface area contributed by atoms with E-state index in [1.807, 2.05) is 45.0 Å². The van der Waals surface area contributed by atoms with Crippen molar-refractivity contribution in [3.8, 4) is 0 Å². The van der Waals surface area contributed by atoms with Gasteiger partial charge in [0.1, 0.15) is 5.60 Å². The van der Waals surface area contributed by atoms with Crippen molar-refractivity contribution in [2.45, 2.75) is 59.2 Å². The lowest BCUT2D eigenvalue weighted by molar-refractivity contribution is 0.00695. The number of esters is 1. The molecule has 106 valence electrons. The van der Waals surface area contributed by atoms with Gasteiger partial charge in [0, 0.05) is 12.1 Å². The standard InChI is InChI=1S/C16H25NO2/c1-15(2,3)17-11-12-7-9-13(10-8-12)14(18)19-16(4,5)6/h7-10,17H,11H2,1-6H3. The normalized spacial score (nSPS) is 12.3. The third-order valence-electron chi connectivity index (χ3n) is 2.41. The number of hydrogen-bond acceptors (Lipinski definition) is 3. The van der Waals surface area contributed by atoms with Crippen molar-refractivity contribution < 1.29 is 9.53 Å². The average Bonchev–Trinajstić information content (AvgIpc) is 2.23. The molecule has 0 amide bonds. The fraction of sp³-hybridized carbons (Fsp3) is 0.562. The zero-order valence-corrected chi connectivity index (χ0v) is 12.8. The van der Waals surface area contributed by atoms with Crippen molar-refractivity contribution in [3.05, 3.63) is 35.4 Å². The van der Waals surface area contributed by atoms with Crippen molar-refractivity contribution in [2.75, 3.05) is 0 Å². The minimum Gasteiger partial charge on any atom is -0.456 e. The van der Waals surface area contributed by atoms with E-state index in [1.165, 1.54) is 0 Å². The van der Waals surface area contributed by atoms with Gasteiger partial charge in [-0.05, 0) is 59.2 Å². The van der Waals surface area contributed by atoms with E-state index in [9.17, 15) is 4.79 Å². The minimum absolute atomic E-state index is 0.0871. The maximum Gasteiger partial charge on any atom is 0.338 e. The van der Waals surface area contributed by atoms with Gasteiger partial charge in [0.15, 0.2) is 0 Å². The van der Waals surface area contributed by atoms with Gasteiger partial charge in [-0.1, -0.05) is 12.1 Å².